The summed E-state index contributed by atoms with van der Waals surface area (Å²) in [5.74, 6) is -0.240. The Hall–Kier alpha value is -0.350. The molecule has 0 amide bonds. The van der Waals surface area contributed by atoms with Crippen LogP contribution in [0, 0.1) is 0 Å². The Morgan fingerprint density at radius 1 is 1.13 bits per heavy atom. The summed E-state index contributed by atoms with van der Waals surface area (Å²) >= 11 is 0. The van der Waals surface area contributed by atoms with Crippen molar-refractivity contribution < 1.29 is 13.0 Å². The van der Waals surface area contributed by atoms with E-state index in [2.05, 4.69) is 13.8 Å². The van der Waals surface area contributed by atoms with Crippen molar-refractivity contribution in [3.63, 3.8) is 0 Å². The summed E-state index contributed by atoms with van der Waals surface area (Å²) in [5.41, 5.74) is 1.16. The fourth-order valence-electron chi connectivity index (χ4n) is 1.36. The maximum atomic E-state index is 10.6. The summed E-state index contributed by atoms with van der Waals surface area (Å²) in [7, 11) is -3.85. The highest BCUT2D eigenvalue weighted by atomic mass is 32.2. The Morgan fingerprint density at radius 2 is 1.60 bits per heavy atom. The van der Waals surface area contributed by atoms with E-state index in [0.29, 0.717) is 0 Å². The van der Waals surface area contributed by atoms with Crippen LogP contribution in [0.1, 0.15) is 52.4 Å². The number of hydrogen-bond donors (Lipinski definition) is 1. The highest BCUT2D eigenvalue weighted by molar-refractivity contribution is 7.85. The SMILES string of the molecule is CCCCC(=CCS(=O)(=O)O)CCCC. The third-order valence-corrected chi connectivity index (χ3v) is 2.87. The van der Waals surface area contributed by atoms with Crippen LogP contribution >= 0.6 is 0 Å². The molecule has 0 aromatic heterocycles. The first-order chi connectivity index (χ1) is 6.99. The first-order valence-electron chi connectivity index (χ1n) is 5.62. The van der Waals surface area contributed by atoms with Crippen molar-refractivity contribution in [1.29, 1.82) is 0 Å². The van der Waals surface area contributed by atoms with E-state index >= 15 is 0 Å². The molecule has 90 valence electrons. The fourth-order valence-corrected chi connectivity index (χ4v) is 1.81. The molecule has 0 saturated heterocycles. The number of unbranched alkanes of at least 4 members (excludes halogenated alkanes) is 2. The predicted molar refractivity (Wildman–Crippen MR) is 63.5 cm³/mol. The molecule has 0 radical (unpaired) electrons. The second-order valence-electron chi connectivity index (χ2n) is 3.82. The van der Waals surface area contributed by atoms with Crippen LogP contribution in [0.4, 0.5) is 0 Å². The van der Waals surface area contributed by atoms with Crippen molar-refractivity contribution in [3.05, 3.63) is 11.6 Å². The maximum Gasteiger partial charge on any atom is 0.268 e. The van der Waals surface area contributed by atoms with Crippen molar-refractivity contribution in [3.8, 4) is 0 Å². The van der Waals surface area contributed by atoms with Gasteiger partial charge in [-0.05, 0) is 25.7 Å². The van der Waals surface area contributed by atoms with Gasteiger partial charge in [0.05, 0.1) is 5.75 Å². The van der Waals surface area contributed by atoms with Crippen LogP contribution in [0.3, 0.4) is 0 Å². The maximum absolute atomic E-state index is 10.6. The summed E-state index contributed by atoms with van der Waals surface area (Å²) in [6.07, 6.45) is 7.95. The molecule has 0 aliphatic heterocycles. The summed E-state index contributed by atoms with van der Waals surface area (Å²) in [6.45, 7) is 4.22. The normalized spacial score (nSPS) is 11.4. The second kappa shape index (κ2) is 7.88. The summed E-state index contributed by atoms with van der Waals surface area (Å²) in [6, 6.07) is 0. The molecule has 1 N–H and O–H groups in total. The number of rotatable bonds is 8. The van der Waals surface area contributed by atoms with Gasteiger partial charge in [-0.2, -0.15) is 8.42 Å². The molecule has 0 rings (SSSR count). The smallest absolute Gasteiger partial charge is 0.268 e. The highest BCUT2D eigenvalue weighted by Crippen LogP contribution is 2.15. The lowest BCUT2D eigenvalue weighted by molar-refractivity contribution is 0.486. The van der Waals surface area contributed by atoms with E-state index in [0.717, 1.165) is 44.1 Å². The Labute approximate surface area is 93.3 Å². The molecule has 4 heteroatoms. The zero-order chi connectivity index (χ0) is 11.7. The van der Waals surface area contributed by atoms with Gasteiger partial charge in [0.15, 0.2) is 0 Å². The molecule has 0 atom stereocenters. The Balaban J connectivity index is 4.20. The molecule has 3 nitrogen and oxygen atoms in total. The van der Waals surface area contributed by atoms with Gasteiger partial charge >= 0.3 is 0 Å². The Morgan fingerprint density at radius 3 is 1.93 bits per heavy atom. The van der Waals surface area contributed by atoms with E-state index in [1.165, 1.54) is 0 Å². The molecule has 0 aromatic carbocycles. The average molecular weight is 234 g/mol. The van der Waals surface area contributed by atoms with Crippen molar-refractivity contribution >= 4 is 10.1 Å². The van der Waals surface area contributed by atoms with E-state index in [4.69, 9.17) is 4.55 Å². The van der Waals surface area contributed by atoms with Gasteiger partial charge in [-0.1, -0.05) is 38.3 Å². The van der Waals surface area contributed by atoms with Crippen molar-refractivity contribution in [1.82, 2.24) is 0 Å². The molecule has 0 saturated carbocycles. The molecular formula is C11H22O3S. The molecule has 0 bridgehead atoms. The largest absolute Gasteiger partial charge is 0.285 e. The average Bonchev–Trinajstić information content (AvgIpc) is 2.15. The second-order valence-corrected chi connectivity index (χ2v) is 5.32. The summed E-state index contributed by atoms with van der Waals surface area (Å²) in [4.78, 5) is 0. The van der Waals surface area contributed by atoms with Crippen molar-refractivity contribution in [2.75, 3.05) is 5.75 Å². The van der Waals surface area contributed by atoms with Crippen LogP contribution in [0.15, 0.2) is 11.6 Å². The molecule has 0 heterocycles. The standard InChI is InChI=1S/C11H22O3S/c1-3-5-7-11(8-6-4-2)9-10-15(12,13)14/h9H,3-8,10H2,1-2H3,(H,12,13,14). The van der Waals surface area contributed by atoms with Gasteiger partial charge in [-0.25, -0.2) is 0 Å². The topological polar surface area (TPSA) is 54.4 Å². The van der Waals surface area contributed by atoms with Gasteiger partial charge in [0.25, 0.3) is 10.1 Å². The van der Waals surface area contributed by atoms with E-state index in [9.17, 15) is 8.42 Å². The first kappa shape index (κ1) is 14.6. The van der Waals surface area contributed by atoms with E-state index in [1.807, 2.05) is 0 Å². The minimum atomic E-state index is -3.85. The third kappa shape index (κ3) is 9.94. The molecule has 0 aliphatic carbocycles. The van der Waals surface area contributed by atoms with E-state index < -0.39 is 10.1 Å². The predicted octanol–water partition coefficient (Wildman–Crippen LogP) is 3.18. The fraction of sp³-hybridized carbons (Fsp3) is 0.818. The highest BCUT2D eigenvalue weighted by Gasteiger charge is 2.03. The van der Waals surface area contributed by atoms with Crippen LogP contribution in [-0.2, 0) is 10.1 Å². The van der Waals surface area contributed by atoms with Crippen LogP contribution in [-0.4, -0.2) is 18.7 Å². The zero-order valence-electron chi connectivity index (χ0n) is 9.70. The quantitative estimate of drug-likeness (QED) is 0.518. The lowest BCUT2D eigenvalue weighted by atomic mass is 10.0. The molecule has 0 aromatic rings. The van der Waals surface area contributed by atoms with Gasteiger partial charge in [0, 0.05) is 0 Å². The lowest BCUT2D eigenvalue weighted by Crippen LogP contribution is -2.02. The first-order valence-corrected chi connectivity index (χ1v) is 7.23. The molecule has 0 spiro atoms. The van der Waals surface area contributed by atoms with Crippen LogP contribution < -0.4 is 0 Å². The Bertz CT molecular complexity index is 268. The van der Waals surface area contributed by atoms with Gasteiger partial charge in [-0.15, -0.1) is 0 Å². The van der Waals surface area contributed by atoms with Crippen molar-refractivity contribution in [2.24, 2.45) is 0 Å². The summed E-state index contributed by atoms with van der Waals surface area (Å²) in [5, 5.41) is 0. The minimum absolute atomic E-state index is 0.240. The lowest BCUT2D eigenvalue weighted by Gasteiger charge is -2.05. The molecule has 0 fully saturated rings. The Kier molecular flexibility index (Phi) is 7.70. The van der Waals surface area contributed by atoms with Gasteiger partial charge < -0.3 is 0 Å². The van der Waals surface area contributed by atoms with E-state index in [-0.39, 0.29) is 5.75 Å². The molecule has 0 unspecified atom stereocenters. The van der Waals surface area contributed by atoms with Gasteiger partial charge in [0.1, 0.15) is 0 Å². The van der Waals surface area contributed by atoms with Crippen LogP contribution in [0.5, 0.6) is 0 Å². The van der Waals surface area contributed by atoms with Crippen LogP contribution in [0.2, 0.25) is 0 Å². The third-order valence-electron chi connectivity index (χ3n) is 2.29. The number of hydrogen-bond acceptors (Lipinski definition) is 2. The molecular weight excluding hydrogens is 212 g/mol. The van der Waals surface area contributed by atoms with Crippen molar-refractivity contribution in [2.45, 2.75) is 52.4 Å². The monoisotopic (exact) mass is 234 g/mol. The minimum Gasteiger partial charge on any atom is -0.285 e. The van der Waals surface area contributed by atoms with Gasteiger partial charge in [-0.3, -0.25) is 4.55 Å². The zero-order valence-corrected chi connectivity index (χ0v) is 10.5. The molecule has 0 aliphatic rings. The van der Waals surface area contributed by atoms with Crippen LogP contribution in [0.25, 0.3) is 0 Å². The summed E-state index contributed by atoms with van der Waals surface area (Å²) < 4.78 is 29.8. The number of allylic oxidation sites excluding steroid dienone is 1. The van der Waals surface area contributed by atoms with E-state index in [1.54, 1.807) is 6.08 Å². The van der Waals surface area contributed by atoms with Gasteiger partial charge in [0.2, 0.25) is 0 Å². The molecule has 15 heavy (non-hydrogen) atoms.